The molecule has 2 aliphatic heterocycles. The van der Waals surface area contributed by atoms with Crippen molar-refractivity contribution < 1.29 is 4.74 Å². The molecule has 0 aliphatic carbocycles. The van der Waals surface area contributed by atoms with E-state index < -0.39 is 0 Å². The molecule has 3 atom stereocenters. The third-order valence-electron chi connectivity index (χ3n) is 6.92. The minimum atomic E-state index is 0.107. The van der Waals surface area contributed by atoms with Crippen LogP contribution in [0.2, 0.25) is 5.02 Å². The average Bonchev–Trinajstić information content (AvgIpc) is 3.12. The Balaban J connectivity index is 1.60. The molecule has 30 heavy (non-hydrogen) atoms. The van der Waals surface area contributed by atoms with Crippen LogP contribution in [0.1, 0.15) is 43.0 Å². The number of rotatable bonds is 2. The quantitative estimate of drug-likeness (QED) is 0.377. The van der Waals surface area contributed by atoms with Crippen LogP contribution in [0.5, 0.6) is 0 Å². The number of benzene rings is 3. The van der Waals surface area contributed by atoms with Gasteiger partial charge in [-0.1, -0.05) is 41.9 Å². The molecule has 3 nitrogen and oxygen atoms in total. The maximum absolute atomic E-state index is 6.51. The minimum absolute atomic E-state index is 0.107. The standard InChI is InChI=1S/C26H25ClN2O/c1-2-29-21-8-4-3-6-18(21)23-22(29)14-13-20-24(23)26-19(7-5-15-30-26)25(28-20)16-9-11-17(27)12-10-16/h3-4,6,8-14,19,25-26,28H,2,5,7,15H2,1H3/t19-,25+,26-/m1/s1. The fraction of sp³-hybridized carbons (Fsp3) is 0.308. The fourth-order valence-electron chi connectivity index (χ4n) is 5.65. The number of aryl methyl sites for hydroxylation is 1. The van der Waals surface area contributed by atoms with E-state index in [9.17, 15) is 0 Å². The first-order chi connectivity index (χ1) is 14.8. The van der Waals surface area contributed by atoms with E-state index in [1.807, 2.05) is 12.1 Å². The van der Waals surface area contributed by atoms with Crippen LogP contribution in [0.25, 0.3) is 21.8 Å². The highest BCUT2D eigenvalue weighted by Crippen LogP contribution is 2.52. The topological polar surface area (TPSA) is 26.2 Å². The Morgan fingerprint density at radius 2 is 1.87 bits per heavy atom. The van der Waals surface area contributed by atoms with Crippen molar-refractivity contribution in [2.45, 2.75) is 38.5 Å². The van der Waals surface area contributed by atoms with Gasteiger partial charge in [0.1, 0.15) is 0 Å². The number of aromatic nitrogens is 1. The van der Waals surface area contributed by atoms with Crippen molar-refractivity contribution in [3.63, 3.8) is 0 Å². The lowest BCUT2D eigenvalue weighted by Gasteiger charge is -2.43. The van der Waals surface area contributed by atoms with Gasteiger partial charge in [0.2, 0.25) is 0 Å². The van der Waals surface area contributed by atoms with Crippen molar-refractivity contribution in [3.05, 3.63) is 76.8 Å². The maximum Gasteiger partial charge on any atom is 0.0902 e. The van der Waals surface area contributed by atoms with Gasteiger partial charge in [-0.05, 0) is 55.7 Å². The van der Waals surface area contributed by atoms with Gasteiger partial charge in [-0.2, -0.15) is 0 Å². The van der Waals surface area contributed by atoms with Gasteiger partial charge in [-0.25, -0.2) is 0 Å². The Labute approximate surface area is 181 Å². The highest BCUT2D eigenvalue weighted by molar-refractivity contribution is 6.30. The SMILES string of the molecule is CCn1c2ccccc2c2c3c(ccc21)N[C@@H](c1ccc(Cl)cc1)[C@H]1CCCO[C@@H]31. The first-order valence-corrected chi connectivity index (χ1v) is 11.3. The summed E-state index contributed by atoms with van der Waals surface area (Å²) in [5.41, 5.74) is 6.42. The maximum atomic E-state index is 6.51. The molecular weight excluding hydrogens is 392 g/mol. The monoisotopic (exact) mass is 416 g/mol. The van der Waals surface area contributed by atoms with Crippen molar-refractivity contribution >= 4 is 39.1 Å². The zero-order chi connectivity index (χ0) is 20.2. The van der Waals surface area contributed by atoms with Crippen molar-refractivity contribution in [3.8, 4) is 0 Å². The number of fused-ring (bicyclic) bond motifs is 7. The molecule has 4 aromatic rings. The second-order valence-electron chi connectivity index (χ2n) is 8.45. The molecule has 1 aromatic heterocycles. The highest BCUT2D eigenvalue weighted by Gasteiger charge is 2.41. The number of ether oxygens (including phenoxy) is 1. The first-order valence-electron chi connectivity index (χ1n) is 10.9. The number of nitrogens with zero attached hydrogens (tertiary/aromatic N) is 1. The molecule has 0 spiro atoms. The van der Waals surface area contributed by atoms with E-state index in [2.05, 4.69) is 65.3 Å². The average molecular weight is 417 g/mol. The van der Waals surface area contributed by atoms with Gasteiger partial charge in [-0.15, -0.1) is 0 Å². The minimum Gasteiger partial charge on any atom is -0.378 e. The molecule has 1 saturated heterocycles. The van der Waals surface area contributed by atoms with Gasteiger partial charge >= 0.3 is 0 Å². The number of nitrogens with one attached hydrogen (secondary N) is 1. The summed E-state index contributed by atoms with van der Waals surface area (Å²) in [6.07, 6.45) is 2.37. The predicted octanol–water partition coefficient (Wildman–Crippen LogP) is 7.10. The Hall–Kier alpha value is -2.49. The molecule has 0 radical (unpaired) electrons. The van der Waals surface area contributed by atoms with Gasteiger partial charge in [-0.3, -0.25) is 0 Å². The second kappa shape index (κ2) is 7.04. The summed E-state index contributed by atoms with van der Waals surface area (Å²) >= 11 is 6.16. The third-order valence-corrected chi connectivity index (χ3v) is 7.17. The lowest BCUT2D eigenvalue weighted by atomic mass is 9.76. The number of hydrogen-bond donors (Lipinski definition) is 1. The lowest BCUT2D eigenvalue weighted by Crippen LogP contribution is -2.36. The molecule has 3 heterocycles. The second-order valence-corrected chi connectivity index (χ2v) is 8.89. The Kier molecular flexibility index (Phi) is 4.29. The zero-order valence-corrected chi connectivity index (χ0v) is 17.8. The highest BCUT2D eigenvalue weighted by atomic mass is 35.5. The largest absolute Gasteiger partial charge is 0.378 e. The summed E-state index contributed by atoms with van der Waals surface area (Å²) in [6.45, 7) is 4.01. The Morgan fingerprint density at radius 3 is 2.70 bits per heavy atom. The smallest absolute Gasteiger partial charge is 0.0902 e. The van der Waals surface area contributed by atoms with Crippen LogP contribution in [-0.2, 0) is 11.3 Å². The van der Waals surface area contributed by atoms with E-state index >= 15 is 0 Å². The third kappa shape index (κ3) is 2.62. The van der Waals surface area contributed by atoms with Gasteiger partial charge in [0, 0.05) is 57.1 Å². The van der Waals surface area contributed by atoms with Crippen LogP contribution in [0.15, 0.2) is 60.7 Å². The van der Waals surface area contributed by atoms with E-state index in [1.165, 1.54) is 38.6 Å². The number of hydrogen-bond acceptors (Lipinski definition) is 2. The van der Waals surface area contributed by atoms with Crippen molar-refractivity contribution in [2.75, 3.05) is 11.9 Å². The van der Waals surface area contributed by atoms with Crippen molar-refractivity contribution in [2.24, 2.45) is 5.92 Å². The number of anilines is 1. The van der Waals surface area contributed by atoms with Gasteiger partial charge in [0.05, 0.1) is 12.1 Å². The normalized spacial score (nSPS) is 23.2. The molecule has 3 aromatic carbocycles. The summed E-state index contributed by atoms with van der Waals surface area (Å²) in [5, 5.41) is 7.34. The predicted molar refractivity (Wildman–Crippen MR) is 124 cm³/mol. The van der Waals surface area contributed by atoms with Crippen LogP contribution >= 0.6 is 11.6 Å². The summed E-state index contributed by atoms with van der Waals surface area (Å²) in [4.78, 5) is 0. The summed E-state index contributed by atoms with van der Waals surface area (Å²) in [5.74, 6) is 0.404. The summed E-state index contributed by atoms with van der Waals surface area (Å²) in [7, 11) is 0. The first kappa shape index (κ1) is 18.3. The van der Waals surface area contributed by atoms with E-state index in [4.69, 9.17) is 16.3 Å². The van der Waals surface area contributed by atoms with Gasteiger partial charge in [0.25, 0.3) is 0 Å². The van der Waals surface area contributed by atoms with Crippen LogP contribution in [0.3, 0.4) is 0 Å². The van der Waals surface area contributed by atoms with Crippen LogP contribution < -0.4 is 5.32 Å². The fourth-order valence-corrected chi connectivity index (χ4v) is 5.77. The Bertz CT molecular complexity index is 1240. The summed E-state index contributed by atoms with van der Waals surface area (Å²) in [6, 6.07) is 21.8. The molecule has 2 aliphatic rings. The lowest BCUT2D eigenvalue weighted by molar-refractivity contribution is -0.0372. The van der Waals surface area contributed by atoms with Crippen molar-refractivity contribution in [1.29, 1.82) is 0 Å². The van der Waals surface area contributed by atoms with Crippen LogP contribution in [0.4, 0.5) is 5.69 Å². The molecule has 0 bridgehead atoms. The molecular formula is C26H25ClN2O. The molecule has 0 amide bonds. The van der Waals surface area contributed by atoms with Crippen LogP contribution in [0, 0.1) is 5.92 Å². The van der Waals surface area contributed by atoms with E-state index in [-0.39, 0.29) is 12.1 Å². The molecule has 1 N–H and O–H groups in total. The molecule has 0 saturated carbocycles. The summed E-state index contributed by atoms with van der Waals surface area (Å²) < 4.78 is 8.93. The molecule has 152 valence electrons. The van der Waals surface area contributed by atoms with E-state index in [0.717, 1.165) is 31.0 Å². The molecule has 0 unspecified atom stereocenters. The zero-order valence-electron chi connectivity index (χ0n) is 17.1. The molecule has 1 fully saturated rings. The number of para-hydroxylation sites is 1. The molecule has 4 heteroatoms. The van der Waals surface area contributed by atoms with E-state index in [0.29, 0.717) is 5.92 Å². The molecule has 6 rings (SSSR count). The number of halogens is 1. The van der Waals surface area contributed by atoms with Gasteiger partial charge < -0.3 is 14.6 Å². The van der Waals surface area contributed by atoms with Crippen LogP contribution in [-0.4, -0.2) is 11.2 Å². The van der Waals surface area contributed by atoms with E-state index in [1.54, 1.807) is 0 Å². The van der Waals surface area contributed by atoms with Gasteiger partial charge in [0.15, 0.2) is 0 Å². The Morgan fingerprint density at radius 1 is 1.03 bits per heavy atom. The van der Waals surface area contributed by atoms with Crippen molar-refractivity contribution in [1.82, 2.24) is 4.57 Å².